The van der Waals surface area contributed by atoms with E-state index in [0.717, 1.165) is 6.92 Å². The second-order valence-electron chi connectivity index (χ2n) is 1.07. The molecular formula is C2H7BaO5P. The van der Waals surface area contributed by atoms with Crippen molar-refractivity contribution in [2.45, 2.75) is 6.92 Å². The van der Waals surface area contributed by atoms with E-state index in [1.165, 1.54) is 0 Å². The third kappa shape index (κ3) is 12.4. The Morgan fingerprint density at radius 3 is 2.00 bits per heavy atom. The summed E-state index contributed by atoms with van der Waals surface area (Å²) in [5.74, 6) is -0.988. The van der Waals surface area contributed by atoms with Crippen molar-refractivity contribution in [3.8, 4) is 0 Å². The Kier molecular flexibility index (Phi) is 7.02. The summed E-state index contributed by atoms with van der Waals surface area (Å²) in [4.78, 5) is 25.5. The summed E-state index contributed by atoms with van der Waals surface area (Å²) in [5.41, 5.74) is 0. The minimum atomic E-state index is -4.57. The molecule has 2 N–H and O–H groups in total. The maximum absolute atomic E-state index is 9.74. The Morgan fingerprint density at radius 1 is 1.67 bits per heavy atom. The van der Waals surface area contributed by atoms with Crippen LogP contribution >= 0.6 is 7.82 Å². The molecule has 0 unspecified atom stereocenters. The predicted molar refractivity (Wildman–Crippen MR) is 31.8 cm³/mol. The number of carbonyl (C=O) groups excluding carboxylic acids is 1. The Morgan fingerprint density at radius 2 is 2.00 bits per heavy atom. The molecule has 0 saturated carbocycles. The van der Waals surface area contributed by atoms with Gasteiger partial charge in [-0.2, -0.15) is 0 Å². The molecule has 7 heteroatoms. The zero-order valence-corrected chi connectivity index (χ0v) is 10.1. The largest absolute Gasteiger partial charge is 2.00 e. The van der Waals surface area contributed by atoms with Crippen LogP contribution in [0.15, 0.2) is 0 Å². The summed E-state index contributed by atoms with van der Waals surface area (Å²) in [5, 5.41) is 0. The van der Waals surface area contributed by atoms with Crippen molar-refractivity contribution in [3.05, 3.63) is 0 Å². The van der Waals surface area contributed by atoms with E-state index >= 15 is 0 Å². The fourth-order valence-corrected chi connectivity index (χ4v) is 0.502. The van der Waals surface area contributed by atoms with Crippen LogP contribution in [0.5, 0.6) is 0 Å². The molecule has 0 aliphatic heterocycles. The van der Waals surface area contributed by atoms with E-state index in [2.05, 4.69) is 4.52 Å². The van der Waals surface area contributed by atoms with Gasteiger partial charge in [0.2, 0.25) is 0 Å². The zero-order valence-electron chi connectivity index (χ0n) is 6.77. The van der Waals surface area contributed by atoms with Crippen molar-refractivity contribution in [2.24, 2.45) is 0 Å². The van der Waals surface area contributed by atoms with Crippen LogP contribution < -0.4 is 0 Å². The van der Waals surface area contributed by atoms with Crippen LogP contribution in [-0.4, -0.2) is 64.6 Å². The maximum Gasteiger partial charge on any atom is 2.00 e. The molecule has 0 heterocycles. The third-order valence-electron chi connectivity index (χ3n) is 0.247. The molecule has 0 aromatic heterocycles. The molecule has 0 radical (unpaired) electrons. The molecule has 0 rings (SSSR count). The number of phosphoric acid groups is 1. The summed E-state index contributed by atoms with van der Waals surface area (Å²) < 4.78 is 13.2. The molecule has 0 saturated heterocycles. The number of carbonyl (C=O) groups is 1. The maximum atomic E-state index is 9.74. The van der Waals surface area contributed by atoms with Gasteiger partial charge in [-0.3, -0.25) is 14.6 Å². The van der Waals surface area contributed by atoms with E-state index in [4.69, 9.17) is 9.79 Å². The molecule has 0 aromatic carbocycles. The van der Waals surface area contributed by atoms with Crippen molar-refractivity contribution in [1.29, 1.82) is 0 Å². The fourth-order valence-electron chi connectivity index (χ4n) is 0.167. The zero-order chi connectivity index (χ0) is 6.78. The van der Waals surface area contributed by atoms with E-state index in [0.29, 0.717) is 0 Å². The summed E-state index contributed by atoms with van der Waals surface area (Å²) >= 11 is 0. The van der Waals surface area contributed by atoms with Gasteiger partial charge in [0, 0.05) is 6.92 Å². The van der Waals surface area contributed by atoms with Crippen LogP contribution in [0.3, 0.4) is 0 Å². The first-order valence-corrected chi connectivity index (χ1v) is 3.20. The van der Waals surface area contributed by atoms with Gasteiger partial charge < -0.3 is 7.38 Å². The first-order valence-electron chi connectivity index (χ1n) is 1.67. The summed E-state index contributed by atoms with van der Waals surface area (Å²) in [6.45, 7) is 0.916. The van der Waals surface area contributed by atoms with Crippen molar-refractivity contribution in [1.82, 2.24) is 0 Å². The third-order valence-corrected chi connectivity index (χ3v) is 0.742. The standard InChI is InChI=1S/C2H5O5P.Ba.2H/c1-2(3)7-8(4,5)6;;;/h1H3,(H2,4,5,6);;;/q;+2;2*-1. The Hall–Kier alpha value is 1.19. The topological polar surface area (TPSA) is 83.8 Å². The van der Waals surface area contributed by atoms with Crippen LogP contribution in [0.4, 0.5) is 0 Å². The monoisotopic (exact) mass is 280 g/mol. The first kappa shape index (κ1) is 12.8. The number of rotatable bonds is 1. The number of hydrogen-bond acceptors (Lipinski definition) is 3. The minimum Gasteiger partial charge on any atom is -1.00 e. The molecule has 0 fully saturated rings. The van der Waals surface area contributed by atoms with E-state index < -0.39 is 13.8 Å². The summed E-state index contributed by atoms with van der Waals surface area (Å²) in [6.07, 6.45) is 0. The van der Waals surface area contributed by atoms with E-state index in [1.54, 1.807) is 0 Å². The molecule has 0 atom stereocenters. The van der Waals surface area contributed by atoms with Gasteiger partial charge in [0.25, 0.3) is 0 Å². The molecule has 5 nitrogen and oxygen atoms in total. The summed E-state index contributed by atoms with van der Waals surface area (Å²) in [7, 11) is -4.57. The van der Waals surface area contributed by atoms with Gasteiger partial charge in [0.05, 0.1) is 0 Å². The van der Waals surface area contributed by atoms with Crippen LogP contribution in [0, 0.1) is 0 Å². The van der Waals surface area contributed by atoms with Gasteiger partial charge in [-0.15, -0.1) is 0 Å². The number of phosphoric ester groups is 1. The molecule has 0 spiro atoms. The number of hydrogen-bond donors (Lipinski definition) is 2. The molecule has 0 aliphatic rings. The van der Waals surface area contributed by atoms with Crippen molar-refractivity contribution < 1.29 is 26.5 Å². The van der Waals surface area contributed by atoms with Gasteiger partial charge in [-0.25, -0.2) is 4.57 Å². The predicted octanol–water partition coefficient (Wildman–Crippen LogP) is -0.514. The van der Waals surface area contributed by atoms with Gasteiger partial charge >= 0.3 is 62.7 Å². The van der Waals surface area contributed by atoms with E-state index in [9.17, 15) is 9.36 Å². The molecule has 0 bridgehead atoms. The Balaban J connectivity index is -0.0000000817. The second-order valence-corrected chi connectivity index (χ2v) is 2.24. The van der Waals surface area contributed by atoms with E-state index in [1.807, 2.05) is 0 Å². The Bertz CT molecular complexity index is 145. The van der Waals surface area contributed by atoms with Gasteiger partial charge in [0.15, 0.2) is 0 Å². The summed E-state index contributed by atoms with van der Waals surface area (Å²) in [6, 6.07) is 0. The van der Waals surface area contributed by atoms with Crippen molar-refractivity contribution >= 4 is 62.7 Å². The van der Waals surface area contributed by atoms with Crippen LogP contribution in [0.2, 0.25) is 0 Å². The van der Waals surface area contributed by atoms with Gasteiger partial charge in [-0.05, 0) is 0 Å². The van der Waals surface area contributed by atoms with Gasteiger partial charge in [0.1, 0.15) is 0 Å². The average Bonchev–Trinajstić information content (AvgIpc) is 1.21. The molecule has 0 aliphatic carbocycles. The molecule has 52 valence electrons. The van der Waals surface area contributed by atoms with Gasteiger partial charge in [-0.1, -0.05) is 0 Å². The van der Waals surface area contributed by atoms with Crippen molar-refractivity contribution in [2.75, 3.05) is 0 Å². The van der Waals surface area contributed by atoms with E-state index in [-0.39, 0.29) is 51.7 Å². The quantitative estimate of drug-likeness (QED) is 0.499. The minimum absolute atomic E-state index is 0. The second kappa shape index (κ2) is 4.92. The van der Waals surface area contributed by atoms with Crippen LogP contribution in [0.1, 0.15) is 9.78 Å². The smallest absolute Gasteiger partial charge is 1.00 e. The van der Waals surface area contributed by atoms with Crippen LogP contribution in [0.25, 0.3) is 0 Å². The molecular weight excluding hydrogens is 272 g/mol. The SMILES string of the molecule is CC(=O)OP(=O)(O)O.[Ba+2].[H-].[H-]. The normalized spacial score (nSPS) is 9.67. The van der Waals surface area contributed by atoms with Crippen LogP contribution in [-0.2, 0) is 13.9 Å². The molecule has 9 heavy (non-hydrogen) atoms. The molecule has 0 amide bonds. The molecule has 0 aromatic rings. The van der Waals surface area contributed by atoms with Crippen molar-refractivity contribution in [3.63, 3.8) is 0 Å². The first-order chi connectivity index (χ1) is 3.42. The average molecular weight is 279 g/mol. The fraction of sp³-hybridized carbons (Fsp3) is 0.500. The Labute approximate surface area is 95.1 Å².